The summed E-state index contributed by atoms with van der Waals surface area (Å²) in [5.74, 6) is 0. The molecule has 0 aliphatic heterocycles. The fourth-order valence-electron chi connectivity index (χ4n) is 2.02. The van der Waals surface area contributed by atoms with E-state index in [1.165, 1.54) is 5.56 Å². The Balaban J connectivity index is 2.48. The summed E-state index contributed by atoms with van der Waals surface area (Å²) in [6.07, 6.45) is 1.15. The highest BCUT2D eigenvalue weighted by Crippen LogP contribution is 2.27. The van der Waals surface area contributed by atoms with Crippen molar-refractivity contribution in [2.75, 3.05) is 0 Å². The predicted molar refractivity (Wildman–Crippen MR) is 69.0 cm³/mol. The minimum Gasteiger partial charge on any atom is -0.384 e. The van der Waals surface area contributed by atoms with E-state index in [1.807, 2.05) is 38.1 Å². The van der Waals surface area contributed by atoms with Crippen LogP contribution in [0, 0.1) is 20.8 Å². The first kappa shape index (κ1) is 11.8. The van der Waals surface area contributed by atoms with Gasteiger partial charge in [0.2, 0.25) is 0 Å². The van der Waals surface area contributed by atoms with Gasteiger partial charge in [-0.2, -0.15) is 0 Å². The number of aliphatic hydroxyl groups is 1. The molecular formula is C15H17NO. The standard InChI is InChI=1S/C15H17NO/c1-10-6-4-7-13(11(10)2)15(17)14-8-5-9-16-12(14)3/h4-9,15,17H,1-3H3. The molecule has 0 saturated heterocycles. The zero-order valence-corrected chi connectivity index (χ0v) is 10.4. The minimum atomic E-state index is -0.594. The number of benzene rings is 1. The van der Waals surface area contributed by atoms with Crippen LogP contribution in [0.2, 0.25) is 0 Å². The molecule has 2 rings (SSSR count). The molecule has 1 N–H and O–H groups in total. The van der Waals surface area contributed by atoms with Crippen molar-refractivity contribution in [2.24, 2.45) is 0 Å². The molecule has 0 bridgehead atoms. The van der Waals surface area contributed by atoms with Crippen LogP contribution >= 0.6 is 0 Å². The van der Waals surface area contributed by atoms with Crippen LogP contribution in [0.5, 0.6) is 0 Å². The van der Waals surface area contributed by atoms with Crippen molar-refractivity contribution in [3.8, 4) is 0 Å². The number of aromatic nitrogens is 1. The lowest BCUT2D eigenvalue weighted by Gasteiger charge is -2.16. The van der Waals surface area contributed by atoms with E-state index in [1.54, 1.807) is 6.20 Å². The fourth-order valence-corrected chi connectivity index (χ4v) is 2.02. The summed E-state index contributed by atoms with van der Waals surface area (Å²) in [6, 6.07) is 9.79. The maximum Gasteiger partial charge on any atom is 0.106 e. The Morgan fingerprint density at radius 1 is 1.00 bits per heavy atom. The van der Waals surface area contributed by atoms with Crippen LogP contribution < -0.4 is 0 Å². The monoisotopic (exact) mass is 227 g/mol. The van der Waals surface area contributed by atoms with E-state index in [-0.39, 0.29) is 0 Å². The van der Waals surface area contributed by atoms with Crippen LogP contribution in [0.4, 0.5) is 0 Å². The third kappa shape index (κ3) is 2.22. The summed E-state index contributed by atoms with van der Waals surface area (Å²) in [5.41, 5.74) is 5.05. The van der Waals surface area contributed by atoms with Gasteiger partial charge in [-0.25, -0.2) is 0 Å². The van der Waals surface area contributed by atoms with E-state index in [4.69, 9.17) is 0 Å². The minimum absolute atomic E-state index is 0.594. The second-order valence-electron chi connectivity index (χ2n) is 4.37. The third-order valence-corrected chi connectivity index (χ3v) is 3.28. The van der Waals surface area contributed by atoms with Crippen LogP contribution in [-0.2, 0) is 0 Å². The smallest absolute Gasteiger partial charge is 0.106 e. The summed E-state index contributed by atoms with van der Waals surface area (Å²) < 4.78 is 0. The normalized spacial score (nSPS) is 12.5. The lowest BCUT2D eigenvalue weighted by atomic mass is 9.94. The van der Waals surface area contributed by atoms with E-state index in [0.717, 1.165) is 22.4 Å². The van der Waals surface area contributed by atoms with Gasteiger partial charge in [-0.3, -0.25) is 4.98 Å². The zero-order chi connectivity index (χ0) is 12.4. The van der Waals surface area contributed by atoms with Gasteiger partial charge in [0, 0.05) is 17.5 Å². The van der Waals surface area contributed by atoms with Gasteiger partial charge in [-0.15, -0.1) is 0 Å². The Morgan fingerprint density at radius 2 is 1.71 bits per heavy atom. The number of hydrogen-bond acceptors (Lipinski definition) is 2. The van der Waals surface area contributed by atoms with Crippen LogP contribution in [0.3, 0.4) is 0 Å². The molecule has 0 spiro atoms. The average molecular weight is 227 g/mol. The lowest BCUT2D eigenvalue weighted by molar-refractivity contribution is 0.218. The number of nitrogens with zero attached hydrogens (tertiary/aromatic N) is 1. The summed E-state index contributed by atoms with van der Waals surface area (Å²) in [7, 11) is 0. The molecule has 0 fully saturated rings. The lowest BCUT2D eigenvalue weighted by Crippen LogP contribution is -2.05. The summed E-state index contributed by atoms with van der Waals surface area (Å²) in [4.78, 5) is 4.22. The molecule has 17 heavy (non-hydrogen) atoms. The highest BCUT2D eigenvalue weighted by Gasteiger charge is 2.15. The van der Waals surface area contributed by atoms with Gasteiger partial charge in [0.25, 0.3) is 0 Å². The molecular weight excluding hydrogens is 210 g/mol. The van der Waals surface area contributed by atoms with Crippen molar-refractivity contribution in [3.63, 3.8) is 0 Å². The average Bonchev–Trinajstić information content (AvgIpc) is 2.32. The Hall–Kier alpha value is -1.67. The maximum atomic E-state index is 10.4. The molecule has 1 heterocycles. The SMILES string of the molecule is Cc1cccc(C(O)c2cccnc2C)c1C. The van der Waals surface area contributed by atoms with Crippen molar-refractivity contribution in [3.05, 3.63) is 64.5 Å². The first-order chi connectivity index (χ1) is 8.11. The molecule has 1 atom stereocenters. The first-order valence-electron chi connectivity index (χ1n) is 5.77. The number of hydrogen-bond donors (Lipinski definition) is 1. The quantitative estimate of drug-likeness (QED) is 0.855. The van der Waals surface area contributed by atoms with Crippen LogP contribution in [0.25, 0.3) is 0 Å². The zero-order valence-electron chi connectivity index (χ0n) is 10.4. The molecule has 0 amide bonds. The van der Waals surface area contributed by atoms with Crippen molar-refractivity contribution >= 4 is 0 Å². The van der Waals surface area contributed by atoms with Crippen molar-refractivity contribution in [1.29, 1.82) is 0 Å². The largest absolute Gasteiger partial charge is 0.384 e. The molecule has 88 valence electrons. The van der Waals surface area contributed by atoms with E-state index >= 15 is 0 Å². The molecule has 0 aliphatic carbocycles. The molecule has 0 aliphatic rings. The highest BCUT2D eigenvalue weighted by molar-refractivity contribution is 5.40. The number of pyridine rings is 1. The van der Waals surface area contributed by atoms with Gasteiger partial charge in [0.05, 0.1) is 0 Å². The van der Waals surface area contributed by atoms with E-state index in [2.05, 4.69) is 18.0 Å². The molecule has 1 unspecified atom stereocenters. The Kier molecular flexibility index (Phi) is 3.25. The van der Waals surface area contributed by atoms with Crippen LogP contribution in [0.15, 0.2) is 36.5 Å². The van der Waals surface area contributed by atoms with Crippen LogP contribution in [-0.4, -0.2) is 10.1 Å². The first-order valence-corrected chi connectivity index (χ1v) is 5.77. The Labute approximate surface area is 102 Å². The molecule has 0 saturated carbocycles. The van der Waals surface area contributed by atoms with Gasteiger partial charge >= 0.3 is 0 Å². The van der Waals surface area contributed by atoms with Gasteiger partial charge in [-0.1, -0.05) is 24.3 Å². The van der Waals surface area contributed by atoms with Crippen molar-refractivity contribution in [1.82, 2.24) is 4.98 Å². The topological polar surface area (TPSA) is 33.1 Å². The van der Waals surface area contributed by atoms with E-state index < -0.39 is 6.10 Å². The molecule has 2 heteroatoms. The molecule has 2 aromatic rings. The van der Waals surface area contributed by atoms with Crippen LogP contribution in [0.1, 0.15) is 34.1 Å². The highest BCUT2D eigenvalue weighted by atomic mass is 16.3. The van der Waals surface area contributed by atoms with Gasteiger partial charge in [0.1, 0.15) is 6.10 Å². The predicted octanol–water partition coefficient (Wildman–Crippen LogP) is 3.09. The maximum absolute atomic E-state index is 10.4. The molecule has 0 radical (unpaired) electrons. The molecule has 2 nitrogen and oxygen atoms in total. The number of rotatable bonds is 2. The third-order valence-electron chi connectivity index (χ3n) is 3.28. The van der Waals surface area contributed by atoms with E-state index in [0.29, 0.717) is 0 Å². The Bertz CT molecular complexity index is 534. The number of aryl methyl sites for hydroxylation is 2. The Morgan fingerprint density at radius 3 is 2.41 bits per heavy atom. The number of aliphatic hydroxyl groups excluding tert-OH is 1. The van der Waals surface area contributed by atoms with Crippen molar-refractivity contribution < 1.29 is 5.11 Å². The molecule has 1 aromatic carbocycles. The summed E-state index contributed by atoms with van der Waals surface area (Å²) in [5, 5.41) is 10.4. The second-order valence-corrected chi connectivity index (χ2v) is 4.37. The second kappa shape index (κ2) is 4.68. The van der Waals surface area contributed by atoms with Gasteiger partial charge < -0.3 is 5.11 Å². The van der Waals surface area contributed by atoms with Crippen molar-refractivity contribution in [2.45, 2.75) is 26.9 Å². The van der Waals surface area contributed by atoms with Gasteiger partial charge in [0.15, 0.2) is 0 Å². The van der Waals surface area contributed by atoms with Gasteiger partial charge in [-0.05, 0) is 43.5 Å². The summed E-state index contributed by atoms with van der Waals surface area (Å²) >= 11 is 0. The molecule has 1 aromatic heterocycles. The summed E-state index contributed by atoms with van der Waals surface area (Å²) in [6.45, 7) is 6.02. The fraction of sp³-hybridized carbons (Fsp3) is 0.267. The van der Waals surface area contributed by atoms with E-state index in [9.17, 15) is 5.11 Å².